The molecular weight excluding hydrogens is 610 g/mol. The van der Waals surface area contributed by atoms with Crippen molar-refractivity contribution in [2.45, 2.75) is 37.0 Å². The molecule has 1 N–H and O–H groups in total. The molecule has 3 aromatic rings. The maximum absolute atomic E-state index is 14.3. The third-order valence-electron chi connectivity index (χ3n) is 5.53. The third kappa shape index (κ3) is 8.84. The van der Waals surface area contributed by atoms with Crippen molar-refractivity contribution in [1.82, 2.24) is 14.3 Å². The van der Waals surface area contributed by atoms with Gasteiger partial charge in [0.05, 0.1) is 23.4 Å². The van der Waals surface area contributed by atoms with Crippen molar-refractivity contribution in [1.29, 1.82) is 0 Å². The third-order valence-corrected chi connectivity index (χ3v) is 7.85. The molecule has 0 spiro atoms. The van der Waals surface area contributed by atoms with E-state index in [0.29, 0.717) is 22.8 Å². The van der Waals surface area contributed by atoms with Crippen LogP contribution < -0.4 is 15.0 Å². The van der Waals surface area contributed by atoms with Crippen LogP contribution in [0.1, 0.15) is 18.4 Å². The number of urea groups is 1. The number of anilines is 1. The number of methoxy groups -OCH3 is 1. The van der Waals surface area contributed by atoms with Crippen molar-refractivity contribution in [3.8, 4) is 0 Å². The van der Waals surface area contributed by atoms with Crippen LogP contribution in [0.25, 0.3) is 0 Å². The van der Waals surface area contributed by atoms with Crippen LogP contribution >= 0.6 is 34.7 Å². The van der Waals surface area contributed by atoms with Gasteiger partial charge in [-0.15, -0.1) is 11.8 Å². The number of nitrogens with one attached hydrogen (secondary N) is 1. The van der Waals surface area contributed by atoms with E-state index in [4.69, 9.17) is 11.6 Å². The number of hydrogen-bond acceptors (Lipinski definition) is 7. The summed E-state index contributed by atoms with van der Waals surface area (Å²) in [5, 5.41) is 2.54. The molecule has 0 unspecified atom stereocenters. The van der Waals surface area contributed by atoms with E-state index in [0.717, 1.165) is 54.1 Å². The Hall–Kier alpha value is -3.30. The van der Waals surface area contributed by atoms with E-state index in [1.54, 1.807) is 9.36 Å². The standard InChI is InChI=1S/C15H15ClFN3O3S2.C10H11F3N2O/c1-23-13(21)8-24-12-7-11(10(17)6-9(12)16)18-14-19-4-2-3-5-20(19)15(22)25-14;1-15(2)9(16)14-8-5-3-4-7(6-8)10(11,12)13/h6-7H,2-5,8H2,1H3;3-6H,1-2H3,(H,14,16). The lowest BCUT2D eigenvalue weighted by Gasteiger charge is -2.15. The second kappa shape index (κ2) is 14.0. The maximum Gasteiger partial charge on any atom is 0.416 e. The average molecular weight is 636 g/mol. The quantitative estimate of drug-likeness (QED) is 0.224. The lowest BCUT2D eigenvalue weighted by atomic mass is 10.2. The first-order chi connectivity index (χ1) is 19.3. The molecule has 1 aliphatic rings. The van der Waals surface area contributed by atoms with E-state index in [2.05, 4.69) is 15.0 Å². The number of amides is 2. The number of esters is 1. The van der Waals surface area contributed by atoms with Gasteiger partial charge in [-0.05, 0) is 54.5 Å². The topological polar surface area (TPSA) is 97.9 Å². The summed E-state index contributed by atoms with van der Waals surface area (Å²) in [7, 11) is 4.30. The largest absolute Gasteiger partial charge is 0.468 e. The predicted molar refractivity (Wildman–Crippen MR) is 149 cm³/mol. The number of hydrogen-bond donors (Lipinski definition) is 1. The van der Waals surface area contributed by atoms with Crippen LogP contribution in [-0.2, 0) is 28.8 Å². The van der Waals surface area contributed by atoms with Gasteiger partial charge in [-0.1, -0.05) is 17.7 Å². The van der Waals surface area contributed by atoms with Gasteiger partial charge in [0.2, 0.25) is 4.80 Å². The Labute approximate surface area is 245 Å². The minimum absolute atomic E-state index is 0.0605. The van der Waals surface area contributed by atoms with Crippen molar-refractivity contribution in [3.05, 3.63) is 67.3 Å². The minimum atomic E-state index is -4.40. The monoisotopic (exact) mass is 635 g/mol. The van der Waals surface area contributed by atoms with Gasteiger partial charge < -0.3 is 15.0 Å². The Bertz CT molecular complexity index is 1540. The molecule has 2 amide bonds. The normalized spacial score (nSPS) is 13.1. The van der Waals surface area contributed by atoms with Crippen molar-refractivity contribution < 1.29 is 31.9 Å². The van der Waals surface area contributed by atoms with Gasteiger partial charge in [-0.3, -0.25) is 14.3 Å². The Morgan fingerprint density at radius 2 is 1.85 bits per heavy atom. The van der Waals surface area contributed by atoms with Crippen LogP contribution in [0.4, 0.5) is 33.7 Å². The van der Waals surface area contributed by atoms with Crippen molar-refractivity contribution >= 4 is 58.1 Å². The van der Waals surface area contributed by atoms with E-state index >= 15 is 0 Å². The molecule has 41 heavy (non-hydrogen) atoms. The lowest BCUT2D eigenvalue weighted by molar-refractivity contribution is -0.138. The number of thioether (sulfide) groups is 1. The number of ether oxygens (including phenoxy) is 1. The van der Waals surface area contributed by atoms with Gasteiger partial charge in [0, 0.05) is 37.8 Å². The van der Waals surface area contributed by atoms with Crippen LogP contribution in [-0.4, -0.2) is 53.2 Å². The molecule has 0 bridgehead atoms. The number of benzene rings is 2. The Balaban J connectivity index is 0.000000250. The Morgan fingerprint density at radius 1 is 1.17 bits per heavy atom. The van der Waals surface area contributed by atoms with Crippen LogP contribution in [0, 0.1) is 5.82 Å². The second-order valence-electron chi connectivity index (χ2n) is 8.72. The summed E-state index contributed by atoms with van der Waals surface area (Å²) < 4.78 is 59.3. The van der Waals surface area contributed by atoms with E-state index in [1.165, 1.54) is 44.3 Å². The molecule has 0 fully saturated rings. The molecule has 0 saturated heterocycles. The molecule has 0 aliphatic carbocycles. The van der Waals surface area contributed by atoms with Crippen LogP contribution in [0.5, 0.6) is 0 Å². The Kier molecular flexibility index (Phi) is 11.0. The summed E-state index contributed by atoms with van der Waals surface area (Å²) in [5.74, 6) is -0.923. The van der Waals surface area contributed by atoms with Gasteiger partial charge in [-0.2, -0.15) is 13.2 Å². The molecule has 16 heteroatoms. The smallest absolute Gasteiger partial charge is 0.416 e. The molecular formula is C25H26ClF4N5O4S2. The van der Waals surface area contributed by atoms with Crippen molar-refractivity contribution in [2.24, 2.45) is 4.99 Å². The number of fused-ring (bicyclic) bond motifs is 1. The van der Waals surface area contributed by atoms with Crippen LogP contribution in [0.3, 0.4) is 0 Å². The predicted octanol–water partition coefficient (Wildman–Crippen LogP) is 5.59. The number of rotatable bonds is 5. The number of aromatic nitrogens is 2. The summed E-state index contributed by atoms with van der Waals surface area (Å²) in [4.78, 5) is 40.9. The van der Waals surface area contributed by atoms with Gasteiger partial charge in [0.25, 0.3) is 0 Å². The fourth-order valence-electron chi connectivity index (χ4n) is 3.44. The summed E-state index contributed by atoms with van der Waals surface area (Å²) in [6.45, 7) is 1.32. The second-order valence-corrected chi connectivity index (χ2v) is 11.1. The summed E-state index contributed by atoms with van der Waals surface area (Å²) in [5.41, 5.74) is -0.586. The average Bonchev–Trinajstić information content (AvgIpc) is 3.24. The number of nitrogens with zero attached hydrogens (tertiary/aromatic N) is 4. The highest BCUT2D eigenvalue weighted by Gasteiger charge is 2.30. The zero-order chi connectivity index (χ0) is 30.3. The fraction of sp³-hybridized carbons (Fsp3) is 0.360. The molecule has 222 valence electrons. The summed E-state index contributed by atoms with van der Waals surface area (Å²) in [6, 6.07) is 6.66. The van der Waals surface area contributed by atoms with Gasteiger partial charge in [-0.25, -0.2) is 18.9 Å². The van der Waals surface area contributed by atoms with Crippen molar-refractivity contribution in [2.75, 3.05) is 32.3 Å². The summed E-state index contributed by atoms with van der Waals surface area (Å²) >= 11 is 8.17. The Morgan fingerprint density at radius 3 is 2.49 bits per heavy atom. The first-order valence-corrected chi connectivity index (χ1v) is 14.2. The lowest BCUT2D eigenvalue weighted by Crippen LogP contribution is -2.31. The number of alkyl halides is 3. The van der Waals surface area contributed by atoms with E-state index in [-0.39, 0.29) is 27.0 Å². The molecule has 1 aliphatic heterocycles. The van der Waals surface area contributed by atoms with E-state index < -0.39 is 29.6 Å². The maximum atomic E-state index is 14.3. The number of carbonyl (C=O) groups is 2. The molecule has 2 aromatic carbocycles. The first kappa shape index (κ1) is 32.2. The van der Waals surface area contributed by atoms with Crippen LogP contribution in [0.15, 0.2) is 51.1 Å². The SMILES string of the molecule is CN(C)C(=O)Nc1cccc(C(F)(F)F)c1.COC(=O)CSc1cc(N=c2sc(=O)n3n2CCCC3)c(F)cc1Cl. The highest BCUT2D eigenvalue weighted by atomic mass is 35.5. The highest BCUT2D eigenvalue weighted by Crippen LogP contribution is 2.33. The summed E-state index contributed by atoms with van der Waals surface area (Å²) in [6.07, 6.45) is -2.51. The molecule has 4 rings (SSSR count). The molecule has 0 radical (unpaired) electrons. The highest BCUT2D eigenvalue weighted by molar-refractivity contribution is 8.00. The van der Waals surface area contributed by atoms with Crippen molar-refractivity contribution in [3.63, 3.8) is 0 Å². The van der Waals surface area contributed by atoms with Gasteiger partial charge >= 0.3 is 23.0 Å². The molecule has 9 nitrogen and oxygen atoms in total. The van der Waals surface area contributed by atoms with Crippen LogP contribution in [0.2, 0.25) is 5.02 Å². The molecule has 0 atom stereocenters. The minimum Gasteiger partial charge on any atom is -0.468 e. The number of halogens is 5. The number of carbonyl (C=O) groups excluding carboxylic acids is 2. The van der Waals surface area contributed by atoms with E-state index in [9.17, 15) is 31.9 Å². The molecule has 0 saturated carbocycles. The zero-order valence-corrected chi connectivity index (χ0v) is 24.5. The zero-order valence-electron chi connectivity index (χ0n) is 22.1. The molecule has 1 aromatic heterocycles. The fourth-order valence-corrected chi connectivity index (χ4v) is 5.43. The van der Waals surface area contributed by atoms with E-state index in [1.807, 2.05) is 0 Å². The van der Waals surface area contributed by atoms with Gasteiger partial charge in [0.1, 0.15) is 11.5 Å². The van der Waals surface area contributed by atoms with Gasteiger partial charge in [0.15, 0.2) is 0 Å². The first-order valence-electron chi connectivity index (χ1n) is 12.0. The molecule has 2 heterocycles.